The fourth-order valence-corrected chi connectivity index (χ4v) is 0. The molecule has 0 aromatic carbocycles. The van der Waals surface area contributed by atoms with Crippen LogP contribution in [0.15, 0.2) is 0 Å². The van der Waals surface area contributed by atoms with Crippen LogP contribution in [0.1, 0.15) is 8.85 Å². The molecular weight excluding hydrogens is 316 g/mol. The van der Waals surface area contributed by atoms with Gasteiger partial charge >= 0.3 is 99.9 Å². The molecule has 0 aliphatic heterocycles. The van der Waals surface area contributed by atoms with Crippen molar-refractivity contribution >= 4 is 16.0 Å². The molecule has 0 rings (SSSR count). The van der Waals surface area contributed by atoms with Crippen molar-refractivity contribution < 1.29 is 90.0 Å². The summed E-state index contributed by atoms with van der Waals surface area (Å²) in [7, 11) is -19.2. The van der Waals surface area contributed by atoms with Crippen LogP contribution in [0, 0.1) is 0 Å². The monoisotopic (exact) mass is 323 g/mol. The Hall–Kier alpha value is 1.21. The predicted molar refractivity (Wildman–Crippen MR) is 34.9 cm³/mol. The van der Waals surface area contributed by atoms with Gasteiger partial charge in [0, 0.05) is 1.43 Å². The van der Waals surface area contributed by atoms with Crippen molar-refractivity contribution in [3.05, 3.63) is 0 Å². The maximum atomic E-state index is 9.87. The molecule has 0 unspecified atom stereocenters. The van der Waals surface area contributed by atoms with Gasteiger partial charge in [0.2, 0.25) is 0 Å². The molecule has 0 spiro atoms. The third-order valence-electron chi connectivity index (χ3n) is 0. The minimum absolute atomic E-state index is 0. The first kappa shape index (κ1) is 36.2. The predicted octanol–water partition coefficient (Wildman–Crippen LogP) is -1.76. The van der Waals surface area contributed by atoms with Crippen molar-refractivity contribution in [1.82, 2.24) is 0 Å². The zero-order valence-corrected chi connectivity index (χ0v) is 9.22. The van der Waals surface area contributed by atoms with Gasteiger partial charge in [-0.05, 0) is 0 Å². The number of hydrogen-bond donors (Lipinski definition) is 0. The van der Waals surface area contributed by atoms with Crippen LogP contribution < -0.4 is 42.4 Å². The van der Waals surface area contributed by atoms with E-state index >= 15 is 0 Å². The summed E-state index contributed by atoms with van der Waals surface area (Å²) in [6.45, 7) is 0. The fourth-order valence-electron chi connectivity index (χ4n) is 0. The van der Waals surface area contributed by atoms with Gasteiger partial charge in [-0.1, -0.05) is 7.43 Å². The Balaban J connectivity index is -0.0000000212. The van der Waals surface area contributed by atoms with E-state index in [9.17, 15) is 46.2 Å². The zero-order valence-electron chi connectivity index (χ0n) is 7.43. The molecule has 106 valence electrons. The topological polar surface area (TPSA) is 0 Å². The second-order valence-electron chi connectivity index (χ2n) is 1.60. The van der Waals surface area contributed by atoms with Gasteiger partial charge in [-0.15, -0.1) is 0 Å². The van der Waals surface area contributed by atoms with Gasteiger partial charge in [0.1, 0.15) is 0 Å². The second-order valence-corrected chi connectivity index (χ2v) is 4.79. The summed E-state index contributed by atoms with van der Waals surface area (Å²) >= 11 is 0. The summed E-state index contributed by atoms with van der Waals surface area (Å²) in [4.78, 5) is 0. The van der Waals surface area contributed by atoms with Gasteiger partial charge in [-0.3, -0.25) is 0 Å². The summed E-state index contributed by atoms with van der Waals surface area (Å²) in [5.41, 5.74) is 0. The number of rotatable bonds is 0. The summed E-state index contributed by atoms with van der Waals surface area (Å²) in [5.74, 6) is 0. The van der Waals surface area contributed by atoms with E-state index in [0.29, 0.717) is 0 Å². The quantitative estimate of drug-likeness (QED) is 0.282. The van der Waals surface area contributed by atoms with Gasteiger partial charge in [0.05, 0.1) is 0 Å². The average Bonchev–Trinajstić information content (AvgIpc) is 0.981. The van der Waals surface area contributed by atoms with Crippen LogP contribution in [0.25, 0.3) is 0 Å². The van der Waals surface area contributed by atoms with Crippen molar-refractivity contribution in [3.63, 3.8) is 0 Å². The third-order valence-corrected chi connectivity index (χ3v) is 0. The Labute approximate surface area is 114 Å². The summed E-state index contributed by atoms with van der Waals surface area (Å²) in [6, 6.07) is 0. The van der Waals surface area contributed by atoms with E-state index in [1.807, 2.05) is 0 Å². The van der Waals surface area contributed by atoms with Crippen molar-refractivity contribution in [2.75, 3.05) is 0 Å². The van der Waals surface area contributed by atoms with E-state index < -0.39 is 16.0 Å². The van der Waals surface area contributed by atoms with E-state index in [2.05, 4.69) is 0 Å². The zero-order chi connectivity index (χ0) is 11.9. The Bertz CT molecular complexity index is 168. The van der Waals surface area contributed by atoms with Crippen molar-refractivity contribution in [2.45, 2.75) is 7.43 Å². The van der Waals surface area contributed by atoms with Crippen LogP contribution in [-0.2, 0) is 0 Å². The molecule has 0 nitrogen and oxygen atoms in total. The number of halogens is 12. The van der Waals surface area contributed by atoms with Crippen LogP contribution in [0.3, 0.4) is 0 Å². The average molecular weight is 323 g/mol. The molecule has 0 N–H and O–H groups in total. The van der Waals surface area contributed by atoms with Gasteiger partial charge in [0.15, 0.2) is 0 Å². The molecule has 0 saturated heterocycles. The molecule has 0 aromatic heterocycles. The van der Waals surface area contributed by atoms with E-state index in [1.54, 1.807) is 0 Å². The van der Waals surface area contributed by atoms with Crippen molar-refractivity contribution in [3.8, 4) is 0 Å². The van der Waals surface area contributed by atoms with Crippen LogP contribution in [0.2, 0.25) is 0 Å². The minimum atomic E-state index is -10.7. The smallest absolute Gasteiger partial charge is 1.00 e. The first-order chi connectivity index (χ1) is 4.69. The SMILES string of the molecule is C.FP(F)(F)(F)F.F[P-](F)(F)(F)(F)F.[2HH].[F-].[Li+].[Li+]. The molecule has 0 heterocycles. The minimum Gasteiger partial charge on any atom is -1.00 e. The standard InChI is InChI=1S/CH4.F6P.F5P.FH.2Li.H2/c;1-7(2,3,4,5)6;1-6(2,3,4)5;;;;/h1H4;;;1H;;;1H/q;-1;;;2*+1;/p-1/i;;;;;;1+1. The molecule has 0 aromatic rings. The molecule has 16 heteroatoms. The van der Waals surface area contributed by atoms with Gasteiger partial charge in [0.25, 0.3) is 0 Å². The van der Waals surface area contributed by atoms with Gasteiger partial charge in [-0.2, -0.15) is 0 Å². The van der Waals surface area contributed by atoms with Gasteiger partial charge in [-0.25, -0.2) is 0 Å². The largest absolute Gasteiger partial charge is 1.00 e. The van der Waals surface area contributed by atoms with Crippen molar-refractivity contribution in [2.24, 2.45) is 0 Å². The Kier molecular flexibility index (Phi) is 14.0. The van der Waals surface area contributed by atoms with Crippen molar-refractivity contribution in [1.29, 1.82) is 0 Å². The molecule has 0 saturated carbocycles. The molecule has 0 atom stereocenters. The molecule has 0 aliphatic rings. The van der Waals surface area contributed by atoms with Crippen LogP contribution >= 0.6 is 16.0 Å². The van der Waals surface area contributed by atoms with Gasteiger partial charge < -0.3 is 4.70 Å². The fraction of sp³-hybridized carbons (Fsp3) is 1.00. The molecule has 0 aliphatic carbocycles. The number of hydrogen-bond acceptors (Lipinski definition) is 0. The van der Waals surface area contributed by atoms with Crippen LogP contribution in [0.5, 0.6) is 0 Å². The first-order valence-electron chi connectivity index (χ1n) is 1.86. The summed E-state index contributed by atoms with van der Waals surface area (Å²) in [6.07, 6.45) is 0. The third kappa shape index (κ3) is 2700. The summed E-state index contributed by atoms with van der Waals surface area (Å²) < 4.78 is 108. The van der Waals surface area contributed by atoms with E-state index in [1.165, 1.54) is 0 Å². The maximum Gasteiger partial charge on any atom is 1.00 e. The first-order valence-corrected chi connectivity index (χ1v) is 5.58. The van der Waals surface area contributed by atoms with E-state index in [0.717, 1.165) is 0 Å². The van der Waals surface area contributed by atoms with E-state index in [-0.39, 0.29) is 51.3 Å². The molecule has 17 heavy (non-hydrogen) atoms. The van der Waals surface area contributed by atoms with Crippen LogP contribution in [-0.4, -0.2) is 0 Å². The normalized spacial score (nSPS) is 16.3. The Morgan fingerprint density at radius 1 is 0.647 bits per heavy atom. The molecule has 0 bridgehead atoms. The molecular formula is CH6F12Li2P2. The molecule has 0 amide bonds. The Morgan fingerprint density at radius 2 is 0.647 bits per heavy atom. The second kappa shape index (κ2) is 6.59. The maximum absolute atomic E-state index is 10.7. The summed E-state index contributed by atoms with van der Waals surface area (Å²) in [5, 5.41) is 0. The molecule has 0 fully saturated rings. The Morgan fingerprint density at radius 3 is 0.647 bits per heavy atom. The van der Waals surface area contributed by atoms with Crippen LogP contribution in [0.4, 0.5) is 46.2 Å². The molecule has 0 radical (unpaired) electrons. The van der Waals surface area contributed by atoms with E-state index in [4.69, 9.17) is 0 Å².